The van der Waals surface area contributed by atoms with E-state index >= 15 is 0 Å². The SMILES string of the molecule is O=C(O)NC1CC(O)CC1Nc1ccccc1-n1nccn1. The van der Waals surface area contributed by atoms with Crippen LogP contribution in [-0.4, -0.2) is 49.5 Å². The van der Waals surface area contributed by atoms with Crippen LogP contribution < -0.4 is 10.6 Å². The van der Waals surface area contributed by atoms with Crippen LogP contribution in [0.15, 0.2) is 36.7 Å². The Kier molecular flexibility index (Phi) is 3.92. The summed E-state index contributed by atoms with van der Waals surface area (Å²) in [5.41, 5.74) is 1.55. The maximum absolute atomic E-state index is 10.9. The van der Waals surface area contributed by atoms with Crippen LogP contribution in [0.25, 0.3) is 5.69 Å². The van der Waals surface area contributed by atoms with E-state index in [0.717, 1.165) is 11.4 Å². The molecule has 8 heteroatoms. The number of aliphatic hydroxyl groups is 1. The standard InChI is InChI=1S/C14H17N5O3/c20-9-7-11(12(8-9)18-14(21)22)17-10-3-1-2-4-13(10)19-15-5-6-16-19/h1-6,9,11-12,17-18,20H,7-8H2,(H,21,22). The number of benzene rings is 1. The van der Waals surface area contributed by atoms with Gasteiger partial charge in [0.2, 0.25) is 0 Å². The van der Waals surface area contributed by atoms with Gasteiger partial charge in [-0.25, -0.2) is 4.79 Å². The molecule has 1 aromatic carbocycles. The van der Waals surface area contributed by atoms with Gasteiger partial charge in [-0.2, -0.15) is 10.2 Å². The first kappa shape index (κ1) is 14.3. The van der Waals surface area contributed by atoms with Crippen molar-refractivity contribution in [3.8, 4) is 5.69 Å². The Morgan fingerprint density at radius 1 is 1.18 bits per heavy atom. The number of aliphatic hydroxyl groups excluding tert-OH is 1. The van der Waals surface area contributed by atoms with Gasteiger partial charge in [0.1, 0.15) is 5.69 Å². The molecule has 3 rings (SSSR count). The van der Waals surface area contributed by atoms with Crippen molar-refractivity contribution in [2.45, 2.75) is 31.0 Å². The Labute approximate surface area is 126 Å². The molecule has 0 spiro atoms. The van der Waals surface area contributed by atoms with E-state index < -0.39 is 12.2 Å². The summed E-state index contributed by atoms with van der Waals surface area (Å²) in [4.78, 5) is 12.4. The number of anilines is 1. The topological polar surface area (TPSA) is 112 Å². The third-order valence-corrected chi connectivity index (χ3v) is 3.73. The molecule has 1 amide bonds. The van der Waals surface area contributed by atoms with Crippen molar-refractivity contribution >= 4 is 11.8 Å². The molecule has 8 nitrogen and oxygen atoms in total. The molecule has 3 unspecified atom stereocenters. The lowest BCUT2D eigenvalue weighted by Crippen LogP contribution is -2.42. The molecule has 1 aromatic heterocycles. The molecule has 116 valence electrons. The quantitative estimate of drug-likeness (QED) is 0.666. The minimum Gasteiger partial charge on any atom is -0.465 e. The van der Waals surface area contributed by atoms with Crippen LogP contribution in [-0.2, 0) is 0 Å². The zero-order valence-corrected chi connectivity index (χ0v) is 11.8. The van der Waals surface area contributed by atoms with Crippen molar-refractivity contribution in [2.75, 3.05) is 5.32 Å². The van der Waals surface area contributed by atoms with Gasteiger partial charge >= 0.3 is 6.09 Å². The average molecular weight is 303 g/mol. The number of carboxylic acid groups (broad SMARTS) is 1. The molecule has 1 heterocycles. The summed E-state index contributed by atoms with van der Waals surface area (Å²) in [7, 11) is 0. The second kappa shape index (κ2) is 6.02. The fraction of sp³-hybridized carbons (Fsp3) is 0.357. The molecule has 1 aliphatic rings. The summed E-state index contributed by atoms with van der Waals surface area (Å²) < 4.78 is 0. The maximum Gasteiger partial charge on any atom is 0.404 e. The van der Waals surface area contributed by atoms with Crippen molar-refractivity contribution in [3.05, 3.63) is 36.7 Å². The molecule has 1 saturated carbocycles. The van der Waals surface area contributed by atoms with E-state index in [1.165, 1.54) is 4.80 Å². The highest BCUT2D eigenvalue weighted by atomic mass is 16.4. The number of nitrogens with one attached hydrogen (secondary N) is 2. The van der Waals surface area contributed by atoms with Crippen LogP contribution in [0, 0.1) is 0 Å². The molecule has 0 saturated heterocycles. The molecule has 22 heavy (non-hydrogen) atoms. The number of rotatable bonds is 4. The summed E-state index contributed by atoms with van der Waals surface area (Å²) in [5.74, 6) is 0. The van der Waals surface area contributed by atoms with Crippen molar-refractivity contribution < 1.29 is 15.0 Å². The van der Waals surface area contributed by atoms with Gasteiger partial charge in [-0.3, -0.25) is 0 Å². The van der Waals surface area contributed by atoms with Crippen LogP contribution >= 0.6 is 0 Å². The van der Waals surface area contributed by atoms with E-state index in [1.54, 1.807) is 12.4 Å². The van der Waals surface area contributed by atoms with Crippen molar-refractivity contribution in [1.82, 2.24) is 20.3 Å². The number of para-hydroxylation sites is 2. The van der Waals surface area contributed by atoms with Gasteiger partial charge in [0, 0.05) is 6.04 Å². The Bertz CT molecular complexity index is 646. The first-order valence-corrected chi connectivity index (χ1v) is 7.03. The highest BCUT2D eigenvalue weighted by molar-refractivity contribution is 5.66. The lowest BCUT2D eigenvalue weighted by atomic mass is 10.1. The van der Waals surface area contributed by atoms with Crippen LogP contribution in [0.3, 0.4) is 0 Å². The van der Waals surface area contributed by atoms with E-state index in [-0.39, 0.29) is 12.1 Å². The monoisotopic (exact) mass is 303 g/mol. The summed E-state index contributed by atoms with van der Waals surface area (Å²) in [6.07, 6.45) is 2.44. The number of carbonyl (C=O) groups is 1. The second-order valence-corrected chi connectivity index (χ2v) is 5.27. The van der Waals surface area contributed by atoms with Gasteiger partial charge in [0.25, 0.3) is 0 Å². The number of nitrogens with zero attached hydrogens (tertiary/aromatic N) is 3. The van der Waals surface area contributed by atoms with Crippen LogP contribution in [0.1, 0.15) is 12.8 Å². The van der Waals surface area contributed by atoms with E-state index in [4.69, 9.17) is 5.11 Å². The van der Waals surface area contributed by atoms with Crippen LogP contribution in [0.4, 0.5) is 10.5 Å². The molecule has 0 radical (unpaired) electrons. The van der Waals surface area contributed by atoms with Crippen LogP contribution in [0.5, 0.6) is 0 Å². The minimum atomic E-state index is -1.09. The number of hydrogen-bond acceptors (Lipinski definition) is 5. The fourth-order valence-electron chi connectivity index (χ4n) is 2.80. The van der Waals surface area contributed by atoms with Gasteiger partial charge < -0.3 is 20.8 Å². The zero-order chi connectivity index (χ0) is 15.5. The largest absolute Gasteiger partial charge is 0.465 e. The minimum absolute atomic E-state index is 0.192. The molecular weight excluding hydrogens is 286 g/mol. The first-order chi connectivity index (χ1) is 10.6. The maximum atomic E-state index is 10.9. The molecule has 4 N–H and O–H groups in total. The molecule has 0 aliphatic heterocycles. The van der Waals surface area contributed by atoms with E-state index in [0.29, 0.717) is 12.8 Å². The third kappa shape index (κ3) is 3.01. The Hall–Kier alpha value is -2.61. The highest BCUT2D eigenvalue weighted by Gasteiger charge is 2.34. The van der Waals surface area contributed by atoms with Crippen molar-refractivity contribution in [1.29, 1.82) is 0 Å². The number of aromatic nitrogens is 3. The summed E-state index contributed by atoms with van der Waals surface area (Å²) in [6, 6.07) is 6.96. The van der Waals surface area contributed by atoms with Crippen molar-refractivity contribution in [2.24, 2.45) is 0 Å². The fourth-order valence-corrected chi connectivity index (χ4v) is 2.80. The lowest BCUT2D eigenvalue weighted by molar-refractivity contribution is 0.174. The smallest absolute Gasteiger partial charge is 0.404 e. The Morgan fingerprint density at radius 2 is 1.86 bits per heavy atom. The second-order valence-electron chi connectivity index (χ2n) is 5.27. The Morgan fingerprint density at radius 3 is 2.59 bits per heavy atom. The predicted molar refractivity (Wildman–Crippen MR) is 79.0 cm³/mol. The van der Waals surface area contributed by atoms with E-state index in [9.17, 15) is 9.90 Å². The molecule has 0 bridgehead atoms. The zero-order valence-electron chi connectivity index (χ0n) is 11.8. The molecule has 3 atom stereocenters. The molecule has 1 fully saturated rings. The summed E-state index contributed by atoms with van der Waals surface area (Å²) >= 11 is 0. The van der Waals surface area contributed by atoms with Gasteiger partial charge in [0.15, 0.2) is 0 Å². The summed E-state index contributed by atoms with van der Waals surface area (Å²) in [6.45, 7) is 0. The van der Waals surface area contributed by atoms with Gasteiger partial charge in [-0.1, -0.05) is 12.1 Å². The lowest BCUT2D eigenvalue weighted by Gasteiger charge is -2.22. The van der Waals surface area contributed by atoms with Gasteiger partial charge in [-0.05, 0) is 25.0 Å². The number of hydrogen-bond donors (Lipinski definition) is 4. The van der Waals surface area contributed by atoms with Crippen LogP contribution in [0.2, 0.25) is 0 Å². The van der Waals surface area contributed by atoms with E-state index in [2.05, 4.69) is 20.8 Å². The highest BCUT2D eigenvalue weighted by Crippen LogP contribution is 2.26. The third-order valence-electron chi connectivity index (χ3n) is 3.73. The Balaban J connectivity index is 1.82. The van der Waals surface area contributed by atoms with Crippen molar-refractivity contribution in [3.63, 3.8) is 0 Å². The molecule has 2 aromatic rings. The van der Waals surface area contributed by atoms with Gasteiger partial charge in [0.05, 0.1) is 30.2 Å². The molecular formula is C14H17N5O3. The summed E-state index contributed by atoms with van der Waals surface area (Å²) in [5, 5.41) is 32.7. The average Bonchev–Trinajstić information content (AvgIpc) is 3.10. The normalized spacial score (nSPS) is 24.1. The number of amides is 1. The van der Waals surface area contributed by atoms with Gasteiger partial charge in [-0.15, -0.1) is 4.80 Å². The predicted octanol–water partition coefficient (Wildman–Crippen LogP) is 0.839. The first-order valence-electron chi connectivity index (χ1n) is 7.03. The molecule has 1 aliphatic carbocycles. The van der Waals surface area contributed by atoms with E-state index in [1.807, 2.05) is 24.3 Å².